The van der Waals surface area contributed by atoms with Gasteiger partial charge in [-0.05, 0) is 43.4 Å². The summed E-state index contributed by atoms with van der Waals surface area (Å²) in [6.45, 7) is 1.01. The minimum atomic E-state index is -1.14. The molecule has 0 aliphatic carbocycles. The second kappa shape index (κ2) is 8.46. The summed E-state index contributed by atoms with van der Waals surface area (Å²) in [4.78, 5) is 39.0. The summed E-state index contributed by atoms with van der Waals surface area (Å²) < 4.78 is 5.63. The minimum Gasteiger partial charge on any atom is -0.481 e. The molecule has 2 aliphatic rings. The van der Waals surface area contributed by atoms with E-state index in [1.54, 1.807) is 35.4 Å². The number of halogens is 1. The number of carboxylic acid groups (broad SMARTS) is 1. The Balaban J connectivity index is 1.97. The maximum absolute atomic E-state index is 13.1. The van der Waals surface area contributed by atoms with Gasteiger partial charge in [-0.2, -0.15) is 0 Å². The van der Waals surface area contributed by atoms with Crippen LogP contribution >= 0.6 is 23.4 Å². The normalized spacial score (nSPS) is 22.6. The highest BCUT2D eigenvalue weighted by Crippen LogP contribution is 2.37. The molecule has 3 rings (SSSR count). The van der Waals surface area contributed by atoms with Crippen LogP contribution in [0.3, 0.4) is 0 Å². The fourth-order valence-electron chi connectivity index (χ4n) is 3.46. The van der Waals surface area contributed by atoms with Crippen LogP contribution in [0.5, 0.6) is 0 Å². The number of aliphatic carboxylic acids is 1. The molecule has 144 valence electrons. The second-order valence-electron chi connectivity index (χ2n) is 6.48. The van der Waals surface area contributed by atoms with Gasteiger partial charge in [-0.1, -0.05) is 11.6 Å². The molecule has 1 saturated heterocycles. The standard InChI is InChI=1S/C19H20ClNO5S/c1-27-19-16(17(24)11-4-6-12(20)7-5-11)14(9-15(22)23)18(25)21(19)10-13-3-2-8-26-13/h4-7,13,19H,2-3,8-10H2,1H3,(H,22,23)/t13-,19+/m1/s1. The van der Waals surface area contributed by atoms with Crippen molar-refractivity contribution in [3.63, 3.8) is 0 Å². The molecule has 1 N–H and O–H groups in total. The molecule has 2 aliphatic heterocycles. The minimum absolute atomic E-state index is 0.0554. The Morgan fingerprint density at radius 3 is 2.59 bits per heavy atom. The average molecular weight is 410 g/mol. The average Bonchev–Trinajstić information content (AvgIpc) is 3.23. The first-order chi connectivity index (χ1) is 12.9. The van der Waals surface area contributed by atoms with Crippen molar-refractivity contribution in [3.8, 4) is 0 Å². The zero-order valence-corrected chi connectivity index (χ0v) is 16.4. The van der Waals surface area contributed by atoms with E-state index >= 15 is 0 Å². The summed E-state index contributed by atoms with van der Waals surface area (Å²) in [6, 6.07) is 6.36. The quantitative estimate of drug-likeness (QED) is 0.697. The number of benzene rings is 1. The van der Waals surface area contributed by atoms with Crippen molar-refractivity contribution >= 4 is 41.0 Å². The van der Waals surface area contributed by atoms with E-state index in [9.17, 15) is 19.5 Å². The fourth-order valence-corrected chi connectivity index (χ4v) is 4.51. The lowest BCUT2D eigenvalue weighted by Crippen LogP contribution is -2.40. The number of carbonyl (C=O) groups is 3. The number of ketones is 1. The van der Waals surface area contributed by atoms with E-state index in [1.165, 1.54) is 11.8 Å². The number of rotatable bonds is 7. The van der Waals surface area contributed by atoms with Gasteiger partial charge in [0, 0.05) is 34.9 Å². The lowest BCUT2D eigenvalue weighted by molar-refractivity contribution is -0.137. The maximum Gasteiger partial charge on any atom is 0.308 e. The Kier molecular flexibility index (Phi) is 6.24. The van der Waals surface area contributed by atoms with Gasteiger partial charge in [0.25, 0.3) is 5.91 Å². The summed E-state index contributed by atoms with van der Waals surface area (Å²) >= 11 is 7.23. The van der Waals surface area contributed by atoms with E-state index in [0.29, 0.717) is 23.7 Å². The van der Waals surface area contributed by atoms with Gasteiger partial charge in [0.15, 0.2) is 5.78 Å². The summed E-state index contributed by atoms with van der Waals surface area (Å²) in [6.07, 6.45) is 3.02. The van der Waals surface area contributed by atoms with Gasteiger partial charge in [-0.3, -0.25) is 14.4 Å². The molecule has 6 nitrogen and oxygen atoms in total. The third kappa shape index (κ3) is 4.20. The van der Waals surface area contributed by atoms with Crippen LogP contribution in [0.25, 0.3) is 0 Å². The van der Waals surface area contributed by atoms with Crippen molar-refractivity contribution in [1.82, 2.24) is 4.90 Å². The number of carbonyl (C=O) groups excluding carboxylic acids is 2. The third-order valence-electron chi connectivity index (χ3n) is 4.70. The van der Waals surface area contributed by atoms with Gasteiger partial charge in [0.05, 0.1) is 12.5 Å². The molecule has 2 heterocycles. The van der Waals surface area contributed by atoms with E-state index in [2.05, 4.69) is 0 Å². The lowest BCUT2D eigenvalue weighted by Gasteiger charge is -2.27. The molecular formula is C19H20ClNO5S. The molecule has 27 heavy (non-hydrogen) atoms. The van der Waals surface area contributed by atoms with Gasteiger partial charge in [-0.25, -0.2) is 0 Å². The van der Waals surface area contributed by atoms with Gasteiger partial charge >= 0.3 is 5.97 Å². The molecule has 0 bridgehead atoms. The Hall–Kier alpha value is -1.83. The van der Waals surface area contributed by atoms with Crippen LogP contribution in [0.1, 0.15) is 29.6 Å². The number of amides is 1. The van der Waals surface area contributed by atoms with Gasteiger partial charge in [-0.15, -0.1) is 11.8 Å². The van der Waals surface area contributed by atoms with Gasteiger partial charge < -0.3 is 14.7 Å². The smallest absolute Gasteiger partial charge is 0.308 e. The summed E-state index contributed by atoms with van der Waals surface area (Å²) in [7, 11) is 0. The predicted octanol–water partition coefficient (Wildman–Crippen LogP) is 3.00. The zero-order valence-electron chi connectivity index (χ0n) is 14.8. The van der Waals surface area contributed by atoms with Crippen LogP contribution in [0.4, 0.5) is 0 Å². The maximum atomic E-state index is 13.1. The number of hydrogen-bond donors (Lipinski definition) is 1. The number of carboxylic acids is 1. The molecule has 0 unspecified atom stereocenters. The molecule has 2 atom stereocenters. The fraction of sp³-hybridized carbons (Fsp3) is 0.421. The molecular weight excluding hydrogens is 390 g/mol. The highest BCUT2D eigenvalue weighted by molar-refractivity contribution is 7.99. The van der Waals surface area contributed by atoms with Crippen LogP contribution in [-0.4, -0.2) is 58.6 Å². The van der Waals surface area contributed by atoms with Crippen molar-refractivity contribution in [2.24, 2.45) is 0 Å². The van der Waals surface area contributed by atoms with Gasteiger partial charge in [0.2, 0.25) is 0 Å². The number of nitrogens with zero attached hydrogens (tertiary/aromatic N) is 1. The van der Waals surface area contributed by atoms with E-state index in [0.717, 1.165) is 12.8 Å². The molecule has 0 aromatic heterocycles. The van der Waals surface area contributed by atoms with Crippen molar-refractivity contribution in [1.29, 1.82) is 0 Å². The van der Waals surface area contributed by atoms with Crippen molar-refractivity contribution in [3.05, 3.63) is 46.0 Å². The Labute approximate surface area is 166 Å². The molecule has 1 aromatic carbocycles. The molecule has 8 heteroatoms. The largest absolute Gasteiger partial charge is 0.481 e. The summed E-state index contributed by atoms with van der Waals surface area (Å²) in [5, 5.41) is 9.23. The Morgan fingerprint density at radius 2 is 2.04 bits per heavy atom. The molecule has 1 amide bonds. The number of ether oxygens (including phenoxy) is 1. The SMILES string of the molecule is CS[C@H]1C(C(=O)c2ccc(Cl)cc2)=C(CC(=O)O)C(=O)N1C[C@H]1CCCO1. The highest BCUT2D eigenvalue weighted by Gasteiger charge is 2.43. The van der Waals surface area contributed by atoms with Crippen molar-refractivity contribution in [2.45, 2.75) is 30.7 Å². The van der Waals surface area contributed by atoms with Gasteiger partial charge in [0.1, 0.15) is 5.37 Å². The highest BCUT2D eigenvalue weighted by atomic mass is 35.5. The van der Waals surface area contributed by atoms with Crippen LogP contribution in [-0.2, 0) is 14.3 Å². The van der Waals surface area contributed by atoms with E-state index in [4.69, 9.17) is 16.3 Å². The number of thioether (sulfide) groups is 1. The number of hydrogen-bond acceptors (Lipinski definition) is 5. The molecule has 1 aromatic rings. The zero-order chi connectivity index (χ0) is 19.6. The Morgan fingerprint density at radius 1 is 1.33 bits per heavy atom. The predicted molar refractivity (Wildman–Crippen MR) is 103 cm³/mol. The van der Waals surface area contributed by atoms with E-state index in [1.807, 2.05) is 0 Å². The summed E-state index contributed by atoms with van der Waals surface area (Å²) in [5.74, 6) is -1.88. The van der Waals surface area contributed by atoms with Crippen LogP contribution in [0.15, 0.2) is 35.4 Å². The molecule has 0 spiro atoms. The molecule has 0 radical (unpaired) electrons. The summed E-state index contributed by atoms with van der Waals surface area (Å²) in [5.41, 5.74) is 0.679. The topological polar surface area (TPSA) is 83.9 Å². The van der Waals surface area contributed by atoms with Crippen molar-refractivity contribution in [2.75, 3.05) is 19.4 Å². The van der Waals surface area contributed by atoms with E-state index in [-0.39, 0.29) is 23.0 Å². The van der Waals surface area contributed by atoms with Crippen LogP contribution < -0.4 is 0 Å². The van der Waals surface area contributed by atoms with Crippen LogP contribution in [0, 0.1) is 0 Å². The number of Topliss-reactive ketones (excluding diaryl/α,β-unsaturated/α-hetero) is 1. The van der Waals surface area contributed by atoms with Crippen LogP contribution in [0.2, 0.25) is 5.02 Å². The third-order valence-corrected chi connectivity index (χ3v) is 5.89. The second-order valence-corrected chi connectivity index (χ2v) is 7.83. The van der Waals surface area contributed by atoms with E-state index < -0.39 is 23.7 Å². The van der Waals surface area contributed by atoms with Crippen molar-refractivity contribution < 1.29 is 24.2 Å². The Bertz CT molecular complexity index is 786. The first kappa shape index (κ1) is 19.9. The molecule has 0 saturated carbocycles. The molecule has 1 fully saturated rings. The monoisotopic (exact) mass is 409 g/mol. The lowest BCUT2D eigenvalue weighted by atomic mass is 9.98. The first-order valence-electron chi connectivity index (χ1n) is 8.62. The first-order valence-corrected chi connectivity index (χ1v) is 10.3.